The molecule has 11 heteroatoms. The number of halogens is 5. The average Bonchev–Trinajstić information content (AvgIpc) is 2.74. The van der Waals surface area contributed by atoms with E-state index in [1.165, 1.54) is 49.4 Å². The Morgan fingerprint density at radius 2 is 1.52 bits per heavy atom. The second kappa shape index (κ2) is 9.62. The van der Waals surface area contributed by atoms with Crippen LogP contribution in [0.4, 0.5) is 13.2 Å². The quantitative estimate of drug-likeness (QED) is 0.413. The Kier molecular flexibility index (Phi) is 7.26. The van der Waals surface area contributed by atoms with E-state index in [9.17, 15) is 26.4 Å². The van der Waals surface area contributed by atoms with Gasteiger partial charge in [-0.05, 0) is 61.0 Å². The van der Waals surface area contributed by atoms with Crippen molar-refractivity contribution in [2.45, 2.75) is 28.9 Å². The Morgan fingerprint density at radius 3 is 2.09 bits per heavy atom. The summed E-state index contributed by atoms with van der Waals surface area (Å²) in [6.45, 7) is 1.35. The normalized spacial score (nSPS) is 12.8. The first kappa shape index (κ1) is 24.9. The first-order chi connectivity index (χ1) is 15.4. The number of alkyl halides is 3. The summed E-state index contributed by atoms with van der Waals surface area (Å²) in [7, 11) is -4.08. The molecule has 0 aliphatic rings. The minimum Gasteiger partial charge on any atom is -0.456 e. The fraction of sp³-hybridized carbons (Fsp3) is 0.136. The summed E-state index contributed by atoms with van der Waals surface area (Å²) in [6, 6.07) is 14.4. The van der Waals surface area contributed by atoms with Crippen LogP contribution in [0.15, 0.2) is 76.5 Å². The van der Waals surface area contributed by atoms with Crippen LogP contribution in [0.1, 0.15) is 18.5 Å². The fourth-order valence-corrected chi connectivity index (χ4v) is 4.49. The van der Waals surface area contributed by atoms with E-state index in [4.69, 9.17) is 27.9 Å². The molecule has 3 rings (SSSR count). The number of amides is 1. The van der Waals surface area contributed by atoms with Crippen LogP contribution in [0.25, 0.3) is 0 Å². The maximum Gasteiger partial charge on any atom is 0.471 e. The smallest absolute Gasteiger partial charge is 0.456 e. The number of hydrogen-bond donors (Lipinski definition) is 1. The molecule has 33 heavy (non-hydrogen) atoms. The van der Waals surface area contributed by atoms with Crippen molar-refractivity contribution in [2.24, 2.45) is 0 Å². The van der Waals surface area contributed by atoms with Crippen LogP contribution in [0.5, 0.6) is 11.5 Å². The van der Waals surface area contributed by atoms with Crippen LogP contribution in [-0.2, 0) is 14.6 Å². The molecule has 0 aliphatic heterocycles. The lowest BCUT2D eigenvalue weighted by atomic mass is 10.1. The highest BCUT2D eigenvalue weighted by Gasteiger charge is 2.39. The summed E-state index contributed by atoms with van der Waals surface area (Å²) in [5, 5.41) is 2.54. The number of hydrogen-bond acceptors (Lipinski definition) is 4. The zero-order valence-corrected chi connectivity index (χ0v) is 19.2. The molecule has 5 nitrogen and oxygen atoms in total. The predicted octanol–water partition coefficient (Wildman–Crippen LogP) is 6.36. The van der Waals surface area contributed by atoms with E-state index in [1.807, 2.05) is 5.32 Å². The minimum atomic E-state index is -5.02. The van der Waals surface area contributed by atoms with Crippen molar-refractivity contribution in [1.29, 1.82) is 0 Å². The van der Waals surface area contributed by atoms with Gasteiger partial charge in [-0.25, -0.2) is 8.42 Å². The van der Waals surface area contributed by atoms with E-state index in [-0.39, 0.29) is 20.6 Å². The van der Waals surface area contributed by atoms with Gasteiger partial charge in [0, 0.05) is 16.1 Å². The summed E-state index contributed by atoms with van der Waals surface area (Å²) in [6.07, 6.45) is -5.02. The highest BCUT2D eigenvalue weighted by atomic mass is 35.5. The lowest BCUT2D eigenvalue weighted by molar-refractivity contribution is -0.174. The molecule has 1 N–H and O–H groups in total. The molecule has 1 atom stereocenters. The lowest BCUT2D eigenvalue weighted by Crippen LogP contribution is -2.38. The molecule has 0 aliphatic carbocycles. The van der Waals surface area contributed by atoms with Gasteiger partial charge >= 0.3 is 12.1 Å². The monoisotopic (exact) mass is 517 g/mol. The second-order valence-corrected chi connectivity index (χ2v) is 9.70. The highest BCUT2D eigenvalue weighted by Crippen LogP contribution is 2.35. The minimum absolute atomic E-state index is 0.0142. The van der Waals surface area contributed by atoms with E-state index >= 15 is 0 Å². The molecular formula is C22H16Cl2F3NO4S. The van der Waals surface area contributed by atoms with Crippen LogP contribution >= 0.6 is 23.2 Å². The number of carbonyl (C=O) groups is 1. The van der Waals surface area contributed by atoms with Gasteiger partial charge in [0.05, 0.1) is 10.9 Å². The average molecular weight is 518 g/mol. The Balaban J connectivity index is 1.90. The molecule has 0 spiro atoms. The highest BCUT2D eigenvalue weighted by molar-refractivity contribution is 7.91. The Bertz CT molecular complexity index is 1260. The van der Waals surface area contributed by atoms with Gasteiger partial charge in [-0.3, -0.25) is 4.79 Å². The lowest BCUT2D eigenvalue weighted by Gasteiger charge is -2.16. The van der Waals surface area contributed by atoms with E-state index < -0.39 is 28.0 Å². The van der Waals surface area contributed by atoms with Crippen molar-refractivity contribution in [1.82, 2.24) is 5.32 Å². The fourth-order valence-electron chi connectivity index (χ4n) is 2.84. The maximum absolute atomic E-state index is 13.2. The summed E-state index contributed by atoms with van der Waals surface area (Å²) in [5.74, 6) is -1.76. The first-order valence-electron chi connectivity index (χ1n) is 9.33. The number of ether oxygens (including phenoxy) is 1. The summed E-state index contributed by atoms with van der Waals surface area (Å²) >= 11 is 11.9. The maximum atomic E-state index is 13.2. The van der Waals surface area contributed by atoms with Crippen molar-refractivity contribution in [3.63, 3.8) is 0 Å². The van der Waals surface area contributed by atoms with Crippen LogP contribution < -0.4 is 10.1 Å². The van der Waals surface area contributed by atoms with Crippen LogP contribution in [-0.4, -0.2) is 20.5 Å². The zero-order valence-electron chi connectivity index (χ0n) is 16.9. The number of nitrogens with one attached hydrogen (secondary N) is 1. The molecule has 0 aromatic heterocycles. The molecule has 0 saturated carbocycles. The third-order valence-corrected chi connectivity index (χ3v) is 6.83. The van der Waals surface area contributed by atoms with Gasteiger partial charge in [0.25, 0.3) is 0 Å². The molecule has 0 radical (unpaired) electrons. The standard InChI is InChI=1S/C22H16Cl2F3NO4S/c1-13(28-21(29)22(25,26)27)14-2-9-18(10-3-14)33(30,31)20-11-6-16(24)12-19(20)32-17-7-4-15(23)5-8-17/h2-13H,1H3,(H,28,29)/t13-/m0/s1. The van der Waals surface area contributed by atoms with Gasteiger partial charge in [-0.1, -0.05) is 35.3 Å². The molecular weight excluding hydrogens is 502 g/mol. The SMILES string of the molecule is C[C@H](NC(=O)C(F)(F)F)c1ccc(S(=O)(=O)c2ccc(Cl)cc2Oc2ccc(Cl)cc2)cc1. The molecule has 3 aromatic carbocycles. The number of carbonyl (C=O) groups excluding carboxylic acids is 1. The molecule has 1 amide bonds. The van der Waals surface area contributed by atoms with Gasteiger partial charge in [-0.2, -0.15) is 13.2 Å². The molecule has 0 saturated heterocycles. The summed E-state index contributed by atoms with van der Waals surface area (Å²) in [4.78, 5) is 10.8. The zero-order chi connectivity index (χ0) is 24.4. The molecule has 0 fully saturated rings. The van der Waals surface area contributed by atoms with Crippen LogP contribution in [0.3, 0.4) is 0 Å². The van der Waals surface area contributed by atoms with E-state index in [1.54, 1.807) is 24.3 Å². The topological polar surface area (TPSA) is 72.5 Å². The first-order valence-corrected chi connectivity index (χ1v) is 11.6. The molecule has 0 unspecified atom stereocenters. The molecule has 3 aromatic rings. The van der Waals surface area contributed by atoms with Crippen molar-refractivity contribution in [2.75, 3.05) is 0 Å². The second-order valence-electron chi connectivity index (χ2n) is 6.91. The van der Waals surface area contributed by atoms with E-state index in [0.717, 1.165) is 0 Å². The Labute approximate surface area is 198 Å². The largest absolute Gasteiger partial charge is 0.471 e. The number of sulfone groups is 1. The van der Waals surface area contributed by atoms with Crippen molar-refractivity contribution in [3.05, 3.63) is 82.3 Å². The predicted molar refractivity (Wildman–Crippen MR) is 117 cm³/mol. The van der Waals surface area contributed by atoms with Crippen molar-refractivity contribution >= 4 is 38.9 Å². The Morgan fingerprint density at radius 1 is 0.939 bits per heavy atom. The van der Waals surface area contributed by atoms with Crippen molar-refractivity contribution < 1.29 is 31.1 Å². The van der Waals surface area contributed by atoms with Gasteiger partial charge in [0.1, 0.15) is 16.4 Å². The van der Waals surface area contributed by atoms with Crippen LogP contribution in [0.2, 0.25) is 10.0 Å². The van der Waals surface area contributed by atoms with Gasteiger partial charge < -0.3 is 10.1 Å². The van der Waals surface area contributed by atoms with Crippen molar-refractivity contribution in [3.8, 4) is 11.5 Å². The van der Waals surface area contributed by atoms with E-state index in [0.29, 0.717) is 16.3 Å². The molecule has 0 bridgehead atoms. The van der Waals surface area contributed by atoms with Gasteiger partial charge in [0.2, 0.25) is 9.84 Å². The summed E-state index contributed by atoms with van der Waals surface area (Å²) < 4.78 is 69.6. The van der Waals surface area contributed by atoms with E-state index in [2.05, 4.69) is 0 Å². The number of benzene rings is 3. The molecule has 0 heterocycles. The third-order valence-electron chi connectivity index (χ3n) is 4.53. The van der Waals surface area contributed by atoms with Gasteiger partial charge in [-0.15, -0.1) is 0 Å². The third kappa shape index (κ3) is 5.98. The van der Waals surface area contributed by atoms with Crippen LogP contribution in [0, 0.1) is 0 Å². The molecule has 174 valence electrons. The Hall–Kier alpha value is -2.75. The summed E-state index contributed by atoms with van der Waals surface area (Å²) in [5.41, 5.74) is 0.292. The number of rotatable bonds is 6. The van der Waals surface area contributed by atoms with Gasteiger partial charge in [0.15, 0.2) is 0 Å².